The zero-order valence-electron chi connectivity index (χ0n) is 17.7. The van der Waals surface area contributed by atoms with Crippen LogP contribution in [0.3, 0.4) is 0 Å². The maximum Gasteiger partial charge on any atom is 0.501 e. The van der Waals surface area contributed by atoms with Gasteiger partial charge in [0.1, 0.15) is 6.29 Å². The summed E-state index contributed by atoms with van der Waals surface area (Å²) in [5.41, 5.74) is -0.945. The first-order valence-corrected chi connectivity index (χ1v) is 14.8. The van der Waals surface area contributed by atoms with Gasteiger partial charge in [-0.05, 0) is 31.8 Å². The first kappa shape index (κ1) is 29.1. The van der Waals surface area contributed by atoms with Gasteiger partial charge < -0.3 is 20.1 Å². The van der Waals surface area contributed by atoms with E-state index in [0.717, 1.165) is 19.3 Å². The summed E-state index contributed by atoms with van der Waals surface area (Å²) in [7, 11) is -13.5. The Labute approximate surface area is 174 Å². The quantitative estimate of drug-likeness (QED) is 0.0836. The highest BCUT2D eigenvalue weighted by atomic mass is 31.3. The molecule has 0 radical (unpaired) electrons. The van der Waals surface area contributed by atoms with Crippen molar-refractivity contribution >= 4 is 28.8 Å². The van der Waals surface area contributed by atoms with Gasteiger partial charge in [-0.1, -0.05) is 40.5 Å². The molecule has 0 fully saturated rings. The summed E-state index contributed by atoms with van der Waals surface area (Å²) in [6, 6.07) is 0. The monoisotopic (exact) mass is 480 g/mol. The summed E-state index contributed by atoms with van der Waals surface area (Å²) in [4.78, 5) is 42.6. The van der Waals surface area contributed by atoms with Gasteiger partial charge in [0.15, 0.2) is 0 Å². The second kappa shape index (κ2) is 14.2. The number of nitrogens with zero attached hydrogens (tertiary/aromatic N) is 1. The number of hydrogen-bond acceptors (Lipinski definition) is 10. The highest BCUT2D eigenvalue weighted by molar-refractivity contribution is 7.77. The molecule has 0 aromatic rings. The minimum Gasteiger partial charge on any atom is -0.370 e. The van der Waals surface area contributed by atoms with Crippen molar-refractivity contribution in [2.45, 2.75) is 53.4 Å². The van der Waals surface area contributed by atoms with E-state index in [4.69, 9.17) is 8.83 Å². The Morgan fingerprint density at radius 2 is 1.69 bits per heavy atom. The topological polar surface area (TPSA) is 170 Å². The van der Waals surface area contributed by atoms with Crippen LogP contribution in [-0.2, 0) is 18.0 Å². The number of nitrogens with one attached hydrogen (secondary N) is 2. The molecule has 174 valence electrons. The van der Waals surface area contributed by atoms with Crippen molar-refractivity contribution < 1.29 is 37.5 Å². The lowest BCUT2D eigenvalue weighted by atomic mass is 10.2. The SMILES string of the molecule is CCCCN=C(OP(=O)(CNCC(C)C)OP(=O)(O)CNCCCC)[P+](O)(O)O. The Hall–Kier alpha value is 0.0800. The average molecular weight is 480 g/mol. The van der Waals surface area contributed by atoms with Crippen LogP contribution in [0.2, 0.25) is 0 Å². The Morgan fingerprint density at radius 1 is 1.07 bits per heavy atom. The third-order valence-electron chi connectivity index (χ3n) is 3.36. The van der Waals surface area contributed by atoms with E-state index in [1.165, 1.54) is 0 Å². The van der Waals surface area contributed by atoms with Crippen LogP contribution in [0, 0.1) is 5.92 Å². The van der Waals surface area contributed by atoms with Crippen molar-refractivity contribution in [1.82, 2.24) is 10.6 Å². The molecule has 0 heterocycles. The standard InChI is InChI=1S/C15H36N3O8P3/c1-5-7-9-16-12-27(19,20)26-28(21,13-17-11-14(3)4)25-15(29(22,23)24)18-10-8-6-2/h14,16-17,22-24H,5-13H2,1-4H3/p+1. The third-order valence-corrected chi connectivity index (χ3v) is 7.96. The molecule has 0 amide bonds. The van der Waals surface area contributed by atoms with E-state index in [1.807, 2.05) is 27.7 Å². The van der Waals surface area contributed by atoms with E-state index < -0.39 is 41.3 Å². The van der Waals surface area contributed by atoms with Crippen molar-refractivity contribution in [1.29, 1.82) is 0 Å². The molecule has 0 spiro atoms. The number of aliphatic imine (C=N–C) groups is 1. The molecule has 0 aliphatic heterocycles. The smallest absolute Gasteiger partial charge is 0.370 e. The molecular formula is C15H37N3O8P3+. The summed E-state index contributed by atoms with van der Waals surface area (Å²) in [5.74, 6) is 0.179. The highest BCUT2D eigenvalue weighted by Crippen LogP contribution is 2.64. The van der Waals surface area contributed by atoms with Gasteiger partial charge in [0.25, 0.3) is 0 Å². The second-order valence-corrected chi connectivity index (χ2v) is 12.5. The van der Waals surface area contributed by atoms with Gasteiger partial charge in [-0.3, -0.25) is 4.57 Å². The van der Waals surface area contributed by atoms with Crippen LogP contribution in [0.4, 0.5) is 0 Å². The average Bonchev–Trinajstić information content (AvgIpc) is 2.56. The fraction of sp³-hybridized carbons (Fsp3) is 0.933. The lowest BCUT2D eigenvalue weighted by Crippen LogP contribution is -2.24. The summed E-state index contributed by atoms with van der Waals surface area (Å²) in [6.07, 6.45) is 2.04. The fourth-order valence-corrected chi connectivity index (χ4v) is 6.42. The molecule has 2 atom stereocenters. The lowest BCUT2D eigenvalue weighted by molar-refractivity contribution is 0.311. The summed E-state index contributed by atoms with van der Waals surface area (Å²) in [5, 5.41) is 5.54. The lowest BCUT2D eigenvalue weighted by Gasteiger charge is -2.22. The maximum atomic E-state index is 13.1. The zero-order chi connectivity index (χ0) is 22.6. The minimum absolute atomic E-state index is 0.0873. The van der Waals surface area contributed by atoms with Crippen LogP contribution in [0.25, 0.3) is 0 Å². The largest absolute Gasteiger partial charge is 0.501 e. The Bertz CT molecular complexity index is 584. The molecule has 0 aromatic carbocycles. The van der Waals surface area contributed by atoms with E-state index in [2.05, 4.69) is 15.6 Å². The van der Waals surface area contributed by atoms with Gasteiger partial charge in [0.2, 0.25) is 0 Å². The van der Waals surface area contributed by atoms with E-state index in [0.29, 0.717) is 19.5 Å². The molecule has 14 heteroatoms. The Morgan fingerprint density at radius 3 is 2.21 bits per heavy atom. The van der Waals surface area contributed by atoms with Gasteiger partial charge in [0.05, 0.1) is 6.29 Å². The molecule has 0 saturated heterocycles. The van der Waals surface area contributed by atoms with E-state index in [1.54, 1.807) is 0 Å². The third kappa shape index (κ3) is 14.7. The normalized spacial score (nSPS) is 17.2. The van der Waals surface area contributed by atoms with E-state index in [-0.39, 0.29) is 12.5 Å². The van der Waals surface area contributed by atoms with Gasteiger partial charge in [-0.15, -0.1) is 0 Å². The molecular weight excluding hydrogens is 443 g/mol. The first-order chi connectivity index (χ1) is 13.4. The molecule has 0 aromatic heterocycles. The van der Waals surface area contributed by atoms with Crippen LogP contribution in [-0.4, -0.2) is 57.4 Å². The molecule has 11 nitrogen and oxygen atoms in total. The number of rotatable bonds is 16. The first-order valence-electron chi connectivity index (χ1n) is 9.70. The fourth-order valence-electron chi connectivity index (χ4n) is 1.95. The Kier molecular flexibility index (Phi) is 14.2. The Balaban J connectivity index is 5.42. The molecule has 2 unspecified atom stereocenters. The zero-order valence-corrected chi connectivity index (χ0v) is 20.3. The van der Waals surface area contributed by atoms with Crippen molar-refractivity contribution in [2.75, 3.05) is 32.2 Å². The summed E-state index contributed by atoms with van der Waals surface area (Å²) in [6.45, 7) is 8.61. The van der Waals surface area contributed by atoms with Crippen LogP contribution < -0.4 is 10.6 Å². The van der Waals surface area contributed by atoms with Gasteiger partial charge in [0, 0.05) is 6.54 Å². The van der Waals surface area contributed by atoms with Gasteiger partial charge in [-0.2, -0.15) is 14.7 Å². The van der Waals surface area contributed by atoms with Crippen LogP contribution in [0.1, 0.15) is 53.4 Å². The molecule has 0 saturated carbocycles. The van der Waals surface area contributed by atoms with Crippen molar-refractivity contribution in [3.63, 3.8) is 0 Å². The molecule has 0 aliphatic carbocycles. The van der Waals surface area contributed by atoms with Crippen molar-refractivity contribution in [2.24, 2.45) is 10.9 Å². The van der Waals surface area contributed by atoms with Gasteiger partial charge in [-0.25, -0.2) is 13.9 Å². The van der Waals surface area contributed by atoms with Crippen molar-refractivity contribution in [3.05, 3.63) is 0 Å². The second-order valence-electron chi connectivity index (χ2n) is 7.03. The van der Waals surface area contributed by atoms with Gasteiger partial charge >= 0.3 is 28.8 Å². The highest BCUT2D eigenvalue weighted by Gasteiger charge is 2.49. The molecule has 0 aliphatic rings. The number of unbranched alkanes of at least 4 members (excludes halogenated alkanes) is 2. The molecule has 0 rings (SSSR count). The van der Waals surface area contributed by atoms with Crippen LogP contribution in [0.15, 0.2) is 4.99 Å². The minimum atomic E-state index is -4.75. The number of hydrogen-bond donors (Lipinski definition) is 6. The predicted molar refractivity (Wildman–Crippen MR) is 116 cm³/mol. The molecule has 6 N–H and O–H groups in total. The predicted octanol–water partition coefficient (Wildman–Crippen LogP) is 2.84. The summed E-state index contributed by atoms with van der Waals surface area (Å²) < 4.78 is 35.5. The van der Waals surface area contributed by atoms with E-state index in [9.17, 15) is 28.7 Å². The molecule has 0 bridgehead atoms. The van der Waals surface area contributed by atoms with Crippen LogP contribution >= 0.6 is 23.1 Å². The summed E-state index contributed by atoms with van der Waals surface area (Å²) >= 11 is 0. The maximum absolute atomic E-state index is 13.1. The van der Waals surface area contributed by atoms with Crippen LogP contribution in [0.5, 0.6) is 0 Å². The molecule has 29 heavy (non-hydrogen) atoms. The van der Waals surface area contributed by atoms with E-state index >= 15 is 0 Å². The van der Waals surface area contributed by atoms with Crippen molar-refractivity contribution in [3.8, 4) is 0 Å².